The standard InChI is InChI=1S/C14H20FNO/c1-9-3-4-11(7-10(9)2)16-12-5-6-14(17)13(15)8-12/h5-6,8-11,16-17H,3-4,7H2,1-2H3. The molecule has 0 saturated heterocycles. The van der Waals surface area contributed by atoms with Gasteiger partial charge >= 0.3 is 0 Å². The third kappa shape index (κ3) is 2.90. The van der Waals surface area contributed by atoms with Crippen molar-refractivity contribution in [3.63, 3.8) is 0 Å². The zero-order chi connectivity index (χ0) is 12.4. The third-order valence-corrected chi connectivity index (χ3v) is 3.92. The quantitative estimate of drug-likeness (QED) is 0.767. The van der Waals surface area contributed by atoms with E-state index in [1.165, 1.54) is 18.6 Å². The molecule has 1 saturated carbocycles. The highest BCUT2D eigenvalue weighted by Crippen LogP contribution is 2.31. The molecule has 1 aliphatic carbocycles. The first kappa shape index (κ1) is 12.2. The molecule has 94 valence electrons. The number of benzene rings is 1. The fourth-order valence-corrected chi connectivity index (χ4v) is 2.51. The summed E-state index contributed by atoms with van der Waals surface area (Å²) < 4.78 is 13.2. The van der Waals surface area contributed by atoms with Crippen molar-refractivity contribution in [1.82, 2.24) is 0 Å². The van der Waals surface area contributed by atoms with Crippen molar-refractivity contribution in [2.24, 2.45) is 11.8 Å². The summed E-state index contributed by atoms with van der Waals surface area (Å²) in [6.45, 7) is 4.57. The molecule has 0 bridgehead atoms. The first-order valence-corrected chi connectivity index (χ1v) is 6.31. The van der Waals surface area contributed by atoms with Gasteiger partial charge in [0.25, 0.3) is 0 Å². The fraction of sp³-hybridized carbons (Fsp3) is 0.571. The number of aromatic hydroxyl groups is 1. The molecule has 1 fully saturated rings. The van der Waals surface area contributed by atoms with Crippen molar-refractivity contribution in [2.45, 2.75) is 39.2 Å². The molecule has 0 aromatic heterocycles. The summed E-state index contributed by atoms with van der Waals surface area (Å²) in [5, 5.41) is 12.5. The minimum absolute atomic E-state index is 0.291. The zero-order valence-electron chi connectivity index (χ0n) is 10.4. The Bertz CT molecular complexity index is 394. The Hall–Kier alpha value is -1.25. The van der Waals surface area contributed by atoms with Crippen LogP contribution in [0.2, 0.25) is 0 Å². The van der Waals surface area contributed by atoms with Gasteiger partial charge in [0.15, 0.2) is 11.6 Å². The lowest BCUT2D eigenvalue weighted by Gasteiger charge is -2.33. The van der Waals surface area contributed by atoms with Crippen LogP contribution in [-0.4, -0.2) is 11.1 Å². The maximum absolute atomic E-state index is 13.2. The number of nitrogens with one attached hydrogen (secondary N) is 1. The van der Waals surface area contributed by atoms with E-state index < -0.39 is 5.82 Å². The van der Waals surface area contributed by atoms with Gasteiger partial charge in [0.2, 0.25) is 0 Å². The SMILES string of the molecule is CC1CCC(Nc2ccc(O)c(F)c2)CC1C. The van der Waals surface area contributed by atoms with Gasteiger partial charge in [-0.2, -0.15) is 0 Å². The van der Waals surface area contributed by atoms with Gasteiger partial charge in [-0.15, -0.1) is 0 Å². The number of anilines is 1. The first-order valence-electron chi connectivity index (χ1n) is 6.31. The van der Waals surface area contributed by atoms with E-state index in [2.05, 4.69) is 19.2 Å². The fourth-order valence-electron chi connectivity index (χ4n) is 2.51. The molecule has 17 heavy (non-hydrogen) atoms. The minimum atomic E-state index is -0.563. The maximum Gasteiger partial charge on any atom is 0.166 e. The van der Waals surface area contributed by atoms with Crippen molar-refractivity contribution >= 4 is 5.69 Å². The molecule has 2 N–H and O–H groups in total. The summed E-state index contributed by atoms with van der Waals surface area (Å²) in [5.74, 6) is 0.640. The number of phenolic OH excluding ortho intramolecular Hbond substituents is 1. The molecule has 1 aromatic carbocycles. The lowest BCUT2D eigenvalue weighted by atomic mass is 9.79. The average Bonchev–Trinajstić information content (AvgIpc) is 2.29. The predicted molar refractivity (Wildman–Crippen MR) is 67.7 cm³/mol. The molecule has 0 spiro atoms. The summed E-state index contributed by atoms with van der Waals surface area (Å²) >= 11 is 0. The molecule has 0 amide bonds. The van der Waals surface area contributed by atoms with E-state index in [-0.39, 0.29) is 5.75 Å². The van der Waals surface area contributed by atoms with Crippen molar-refractivity contribution < 1.29 is 9.50 Å². The van der Waals surface area contributed by atoms with Gasteiger partial charge in [0.05, 0.1) is 0 Å². The number of rotatable bonds is 2. The monoisotopic (exact) mass is 237 g/mol. The van der Waals surface area contributed by atoms with Crippen LogP contribution in [0.5, 0.6) is 5.75 Å². The molecule has 3 heteroatoms. The van der Waals surface area contributed by atoms with Crippen LogP contribution in [0.15, 0.2) is 18.2 Å². The summed E-state index contributed by atoms with van der Waals surface area (Å²) in [6, 6.07) is 4.90. The molecule has 0 heterocycles. The molecular formula is C14H20FNO. The number of phenols is 1. The lowest BCUT2D eigenvalue weighted by molar-refractivity contribution is 0.261. The van der Waals surface area contributed by atoms with Gasteiger partial charge in [0, 0.05) is 17.8 Å². The number of halogens is 1. The van der Waals surface area contributed by atoms with Crippen LogP contribution in [0.3, 0.4) is 0 Å². The summed E-state index contributed by atoms with van der Waals surface area (Å²) in [6.07, 6.45) is 3.48. The van der Waals surface area contributed by atoms with Gasteiger partial charge in [-0.25, -0.2) is 4.39 Å². The zero-order valence-corrected chi connectivity index (χ0v) is 10.4. The van der Waals surface area contributed by atoms with Gasteiger partial charge in [0.1, 0.15) is 0 Å². The Balaban J connectivity index is 1.99. The van der Waals surface area contributed by atoms with Crippen LogP contribution in [0.25, 0.3) is 0 Å². The molecule has 1 aromatic rings. The second-order valence-corrected chi connectivity index (χ2v) is 5.28. The lowest BCUT2D eigenvalue weighted by Crippen LogP contribution is -2.30. The summed E-state index contributed by atoms with van der Waals surface area (Å²) in [5.41, 5.74) is 0.757. The molecule has 1 aliphatic rings. The van der Waals surface area contributed by atoms with Crippen LogP contribution in [0.1, 0.15) is 33.1 Å². The second-order valence-electron chi connectivity index (χ2n) is 5.28. The first-order chi connectivity index (χ1) is 8.06. The predicted octanol–water partition coefficient (Wildman–Crippen LogP) is 3.77. The molecule has 3 atom stereocenters. The molecule has 0 radical (unpaired) electrons. The van der Waals surface area contributed by atoms with Gasteiger partial charge in [-0.1, -0.05) is 13.8 Å². The number of hydrogen-bond donors (Lipinski definition) is 2. The van der Waals surface area contributed by atoms with E-state index in [1.54, 1.807) is 6.07 Å². The van der Waals surface area contributed by atoms with E-state index >= 15 is 0 Å². The molecule has 2 rings (SSSR count). The Labute approximate surface area is 102 Å². The van der Waals surface area contributed by atoms with Crippen LogP contribution in [-0.2, 0) is 0 Å². The smallest absolute Gasteiger partial charge is 0.166 e. The Morgan fingerprint density at radius 1 is 1.24 bits per heavy atom. The van der Waals surface area contributed by atoms with E-state index in [9.17, 15) is 4.39 Å². The molecule has 0 aliphatic heterocycles. The second kappa shape index (κ2) is 4.94. The Kier molecular flexibility index (Phi) is 3.55. The number of hydrogen-bond acceptors (Lipinski definition) is 2. The van der Waals surface area contributed by atoms with E-state index in [1.807, 2.05) is 0 Å². The average molecular weight is 237 g/mol. The maximum atomic E-state index is 13.2. The van der Waals surface area contributed by atoms with E-state index in [0.717, 1.165) is 24.4 Å². The molecule has 3 unspecified atom stereocenters. The Morgan fingerprint density at radius 3 is 2.65 bits per heavy atom. The molecule has 2 nitrogen and oxygen atoms in total. The molecular weight excluding hydrogens is 217 g/mol. The largest absolute Gasteiger partial charge is 0.505 e. The summed E-state index contributed by atoms with van der Waals surface area (Å²) in [7, 11) is 0. The van der Waals surface area contributed by atoms with Crippen LogP contribution < -0.4 is 5.32 Å². The van der Waals surface area contributed by atoms with Crippen LogP contribution in [0.4, 0.5) is 10.1 Å². The van der Waals surface area contributed by atoms with E-state index in [0.29, 0.717) is 12.0 Å². The Morgan fingerprint density at radius 2 is 2.00 bits per heavy atom. The van der Waals surface area contributed by atoms with E-state index in [4.69, 9.17) is 5.11 Å². The summed E-state index contributed by atoms with van der Waals surface area (Å²) in [4.78, 5) is 0. The highest BCUT2D eigenvalue weighted by molar-refractivity contribution is 5.47. The normalized spacial score (nSPS) is 29.0. The van der Waals surface area contributed by atoms with Crippen LogP contribution in [0, 0.1) is 17.7 Å². The highest BCUT2D eigenvalue weighted by Gasteiger charge is 2.24. The van der Waals surface area contributed by atoms with Gasteiger partial charge in [-0.3, -0.25) is 0 Å². The minimum Gasteiger partial charge on any atom is -0.505 e. The van der Waals surface area contributed by atoms with Crippen molar-refractivity contribution in [2.75, 3.05) is 5.32 Å². The van der Waals surface area contributed by atoms with Crippen LogP contribution >= 0.6 is 0 Å². The topological polar surface area (TPSA) is 32.3 Å². The van der Waals surface area contributed by atoms with Gasteiger partial charge in [-0.05, 0) is 43.2 Å². The third-order valence-electron chi connectivity index (χ3n) is 3.92. The van der Waals surface area contributed by atoms with Crippen molar-refractivity contribution in [1.29, 1.82) is 0 Å². The van der Waals surface area contributed by atoms with Gasteiger partial charge < -0.3 is 10.4 Å². The van der Waals surface area contributed by atoms with Crippen molar-refractivity contribution in [3.05, 3.63) is 24.0 Å². The highest BCUT2D eigenvalue weighted by atomic mass is 19.1. The van der Waals surface area contributed by atoms with Crippen molar-refractivity contribution in [3.8, 4) is 5.75 Å².